The van der Waals surface area contributed by atoms with Crippen molar-refractivity contribution in [2.45, 2.75) is 70.4 Å². The molecule has 0 radical (unpaired) electrons. The molecule has 0 aliphatic carbocycles. The van der Waals surface area contributed by atoms with E-state index in [9.17, 15) is 14.4 Å². The summed E-state index contributed by atoms with van der Waals surface area (Å²) < 4.78 is 6.04. The fourth-order valence-corrected chi connectivity index (χ4v) is 7.76. The monoisotopic (exact) mass is 635 g/mol. The summed E-state index contributed by atoms with van der Waals surface area (Å²) in [6.45, 7) is 7.08. The molecular weight excluding hydrogens is 590 g/mol. The number of amides is 4. The summed E-state index contributed by atoms with van der Waals surface area (Å²) in [5, 5.41) is 7.14. The Morgan fingerprint density at radius 3 is 2.33 bits per heavy atom. The van der Waals surface area contributed by atoms with Gasteiger partial charge >= 0.3 is 12.1 Å². The highest BCUT2D eigenvalue weighted by Gasteiger charge is 2.36. The number of ether oxygens (including phenoxy) is 1. The second kappa shape index (κ2) is 14.4. The number of likely N-dealkylation sites (tertiary alicyclic amines) is 2. The molecule has 0 spiro atoms. The zero-order chi connectivity index (χ0) is 31.3. The Morgan fingerprint density at radius 1 is 0.911 bits per heavy atom. The minimum atomic E-state index is -0.917. The Balaban J connectivity index is 1.07. The maximum Gasteiger partial charge on any atom is 0.410 e. The second-order valence-corrected chi connectivity index (χ2v) is 13.6. The van der Waals surface area contributed by atoms with E-state index >= 15 is 0 Å². The summed E-state index contributed by atoms with van der Waals surface area (Å²) in [4.78, 5) is 46.0. The van der Waals surface area contributed by atoms with Gasteiger partial charge < -0.3 is 30.1 Å². The predicted octanol–water partition coefficient (Wildman–Crippen LogP) is 5.49. The number of carbonyl (C=O) groups is 3. The molecule has 4 heterocycles. The largest absolute Gasteiger partial charge is 0.436 e. The molecule has 0 bridgehead atoms. The number of nitrogens with zero attached hydrogens (tertiary/aromatic N) is 3. The molecule has 2 aromatic rings. The molecule has 0 unspecified atom stereocenters. The van der Waals surface area contributed by atoms with Crippen molar-refractivity contribution in [1.29, 1.82) is 0 Å². The van der Waals surface area contributed by atoms with Gasteiger partial charge in [0.1, 0.15) is 0 Å². The molecule has 3 saturated heterocycles. The van der Waals surface area contributed by atoms with E-state index < -0.39 is 12.2 Å². The molecular formula is C35H46ClN5O4. The topological polar surface area (TPSA) is 94.2 Å². The number of piperidine rings is 3. The SMILES string of the molecule is Cc1ccc(C[C@@H](OC(=O)N2CCC(N3CCc4ccccc4NC3=O)CC2)C(=O)N2CCC(C3CCNCC3)CC2)cc1Cl. The number of benzene rings is 2. The zero-order valence-electron chi connectivity index (χ0n) is 26.3. The molecule has 1 atom stereocenters. The van der Waals surface area contributed by atoms with Crippen LogP contribution in [0.15, 0.2) is 42.5 Å². The van der Waals surface area contributed by atoms with Crippen LogP contribution in [0.4, 0.5) is 15.3 Å². The lowest BCUT2D eigenvalue weighted by molar-refractivity contribution is -0.142. The first-order chi connectivity index (χ1) is 21.9. The highest BCUT2D eigenvalue weighted by molar-refractivity contribution is 6.31. The minimum absolute atomic E-state index is 0.0386. The Hall–Kier alpha value is -3.30. The van der Waals surface area contributed by atoms with E-state index in [0.29, 0.717) is 56.5 Å². The smallest absolute Gasteiger partial charge is 0.410 e. The lowest BCUT2D eigenvalue weighted by atomic mass is 9.79. The van der Waals surface area contributed by atoms with E-state index in [1.54, 1.807) is 4.90 Å². The van der Waals surface area contributed by atoms with Crippen molar-refractivity contribution in [2.75, 3.05) is 51.1 Å². The normalized spacial score (nSPS) is 21.1. The van der Waals surface area contributed by atoms with Crippen LogP contribution in [0.1, 0.15) is 55.2 Å². The molecule has 4 amide bonds. The molecule has 4 aliphatic heterocycles. The highest BCUT2D eigenvalue weighted by atomic mass is 35.5. The zero-order valence-corrected chi connectivity index (χ0v) is 27.1. The van der Waals surface area contributed by atoms with Crippen LogP contribution in [0, 0.1) is 18.8 Å². The molecule has 4 aliphatic rings. The van der Waals surface area contributed by atoms with E-state index in [4.69, 9.17) is 16.3 Å². The Labute approximate surface area is 271 Å². The molecule has 10 heteroatoms. The fourth-order valence-electron chi connectivity index (χ4n) is 7.56. The van der Waals surface area contributed by atoms with Gasteiger partial charge in [0.05, 0.1) is 0 Å². The van der Waals surface area contributed by atoms with Crippen molar-refractivity contribution >= 4 is 35.3 Å². The summed E-state index contributed by atoms with van der Waals surface area (Å²) in [7, 11) is 0. The lowest BCUT2D eigenvalue weighted by Crippen LogP contribution is -2.52. The molecule has 3 fully saturated rings. The van der Waals surface area contributed by atoms with Gasteiger partial charge in [-0.15, -0.1) is 0 Å². The van der Waals surface area contributed by atoms with E-state index in [1.165, 1.54) is 12.8 Å². The number of rotatable bonds is 6. The number of anilines is 1. The number of urea groups is 1. The van der Waals surface area contributed by atoms with Crippen molar-refractivity contribution in [2.24, 2.45) is 11.8 Å². The Kier molecular flexibility index (Phi) is 10.1. The van der Waals surface area contributed by atoms with E-state index in [-0.39, 0.29) is 24.4 Å². The van der Waals surface area contributed by atoms with Gasteiger partial charge in [-0.25, -0.2) is 9.59 Å². The van der Waals surface area contributed by atoms with Gasteiger partial charge in [-0.05, 0) is 106 Å². The number of nitrogens with one attached hydrogen (secondary N) is 2. The van der Waals surface area contributed by atoms with Crippen LogP contribution in [0.3, 0.4) is 0 Å². The molecule has 6 rings (SSSR count). The summed E-state index contributed by atoms with van der Waals surface area (Å²) in [6.07, 6.45) is 5.42. The number of fused-ring (bicyclic) bond motifs is 1. The van der Waals surface area contributed by atoms with Gasteiger partial charge in [0.2, 0.25) is 0 Å². The predicted molar refractivity (Wildman–Crippen MR) is 176 cm³/mol. The van der Waals surface area contributed by atoms with Crippen molar-refractivity contribution in [3.63, 3.8) is 0 Å². The number of halogens is 1. The summed E-state index contributed by atoms with van der Waals surface area (Å²) in [5.74, 6) is 1.25. The first-order valence-corrected chi connectivity index (χ1v) is 17.1. The quantitative estimate of drug-likeness (QED) is 0.438. The van der Waals surface area contributed by atoms with Gasteiger partial charge in [-0.3, -0.25) is 4.79 Å². The van der Waals surface area contributed by atoms with Crippen LogP contribution in [0.2, 0.25) is 5.02 Å². The number of carbonyl (C=O) groups excluding carboxylic acids is 3. The van der Waals surface area contributed by atoms with Crippen LogP contribution >= 0.6 is 11.6 Å². The van der Waals surface area contributed by atoms with E-state index in [0.717, 1.165) is 60.6 Å². The third-order valence-corrected chi connectivity index (χ3v) is 10.8. The van der Waals surface area contributed by atoms with Crippen LogP contribution in [-0.2, 0) is 22.4 Å². The standard InChI is InChI=1S/C35H46ClN5O4/c1-24-6-7-25(22-30(24)36)23-32(33(42)39-17-10-27(11-18-39)26-8-15-37-16-9-26)45-35(44)40-19-13-29(14-20-40)41-21-12-28-4-2-3-5-31(28)38-34(41)43/h2-7,22,26-27,29,32,37H,8-21,23H2,1H3,(H,38,43)/t32-/m1/s1. The molecule has 2 aromatic carbocycles. The average Bonchev–Trinajstić information content (AvgIpc) is 3.24. The number of aryl methyl sites for hydroxylation is 1. The maximum absolute atomic E-state index is 13.9. The van der Waals surface area contributed by atoms with Crippen LogP contribution < -0.4 is 10.6 Å². The van der Waals surface area contributed by atoms with Crippen molar-refractivity contribution in [1.82, 2.24) is 20.0 Å². The minimum Gasteiger partial charge on any atom is -0.436 e. The third-order valence-electron chi connectivity index (χ3n) is 10.4. The molecule has 0 aromatic heterocycles. The van der Waals surface area contributed by atoms with Crippen molar-refractivity contribution < 1.29 is 19.1 Å². The van der Waals surface area contributed by atoms with Gasteiger partial charge in [-0.2, -0.15) is 0 Å². The van der Waals surface area contributed by atoms with Crippen LogP contribution in [0.25, 0.3) is 0 Å². The first kappa shape index (κ1) is 31.7. The van der Waals surface area contributed by atoms with Crippen LogP contribution in [-0.4, -0.2) is 90.7 Å². The van der Waals surface area contributed by atoms with Crippen LogP contribution in [0.5, 0.6) is 0 Å². The van der Waals surface area contributed by atoms with E-state index in [2.05, 4.69) is 16.7 Å². The number of hydrogen-bond donors (Lipinski definition) is 2. The number of para-hydroxylation sites is 1. The Morgan fingerprint density at radius 2 is 1.60 bits per heavy atom. The molecule has 242 valence electrons. The molecule has 9 nitrogen and oxygen atoms in total. The Bertz CT molecular complexity index is 1370. The summed E-state index contributed by atoms with van der Waals surface area (Å²) >= 11 is 6.42. The third kappa shape index (κ3) is 7.58. The van der Waals surface area contributed by atoms with Crippen molar-refractivity contribution in [3.05, 3.63) is 64.2 Å². The maximum atomic E-state index is 13.9. The van der Waals surface area contributed by atoms with Gasteiger partial charge in [0, 0.05) is 55.9 Å². The molecule has 0 saturated carbocycles. The van der Waals surface area contributed by atoms with Gasteiger partial charge in [0.25, 0.3) is 5.91 Å². The van der Waals surface area contributed by atoms with Crippen molar-refractivity contribution in [3.8, 4) is 0 Å². The molecule has 2 N–H and O–H groups in total. The highest BCUT2D eigenvalue weighted by Crippen LogP contribution is 2.32. The molecule has 45 heavy (non-hydrogen) atoms. The first-order valence-electron chi connectivity index (χ1n) is 16.7. The fraction of sp³-hybridized carbons (Fsp3) is 0.571. The average molecular weight is 636 g/mol. The lowest BCUT2D eigenvalue weighted by Gasteiger charge is -2.39. The van der Waals surface area contributed by atoms with Gasteiger partial charge in [-0.1, -0.05) is 41.9 Å². The number of hydrogen-bond acceptors (Lipinski definition) is 5. The second-order valence-electron chi connectivity index (χ2n) is 13.2. The summed E-state index contributed by atoms with van der Waals surface area (Å²) in [6, 6.07) is 13.6. The van der Waals surface area contributed by atoms with Gasteiger partial charge in [0.15, 0.2) is 6.10 Å². The van der Waals surface area contributed by atoms with E-state index in [1.807, 2.05) is 53.1 Å². The summed E-state index contributed by atoms with van der Waals surface area (Å²) in [5.41, 5.74) is 3.83.